The molecular formula is C22H24FN7OS. The molecule has 166 valence electrons. The van der Waals surface area contributed by atoms with Crippen LogP contribution in [0.1, 0.15) is 24.2 Å². The van der Waals surface area contributed by atoms with Gasteiger partial charge < -0.3 is 21.3 Å². The number of halogens is 1. The van der Waals surface area contributed by atoms with Gasteiger partial charge in [0.15, 0.2) is 10.9 Å². The van der Waals surface area contributed by atoms with Gasteiger partial charge in [0.25, 0.3) is 5.91 Å². The average molecular weight is 454 g/mol. The minimum absolute atomic E-state index is 0.268. The SMILES string of the molecule is C[C@H]1CN(c2ccc(C(=O)Nc3cc(F)c4nn(C)cc4c3)c3nc(N)sc23)C[C@H](C)N1. The first-order valence-corrected chi connectivity index (χ1v) is 11.2. The molecule has 2 aromatic heterocycles. The zero-order valence-corrected chi connectivity index (χ0v) is 18.8. The Kier molecular flexibility index (Phi) is 4.98. The first-order valence-electron chi connectivity index (χ1n) is 10.4. The number of piperazine rings is 1. The van der Waals surface area contributed by atoms with E-state index < -0.39 is 5.82 Å². The van der Waals surface area contributed by atoms with Crippen LogP contribution in [-0.4, -0.2) is 45.8 Å². The second-order valence-electron chi connectivity index (χ2n) is 8.39. The highest BCUT2D eigenvalue weighted by Gasteiger charge is 2.25. The molecule has 1 fully saturated rings. The number of rotatable bonds is 3. The molecule has 1 saturated heterocycles. The summed E-state index contributed by atoms with van der Waals surface area (Å²) in [4.78, 5) is 19.9. The first kappa shape index (κ1) is 20.7. The summed E-state index contributed by atoms with van der Waals surface area (Å²) in [5.41, 5.74) is 8.65. The van der Waals surface area contributed by atoms with Gasteiger partial charge in [-0.3, -0.25) is 9.48 Å². The van der Waals surface area contributed by atoms with Gasteiger partial charge in [-0.05, 0) is 38.1 Å². The monoisotopic (exact) mass is 453 g/mol. The van der Waals surface area contributed by atoms with Crippen molar-refractivity contribution in [3.8, 4) is 0 Å². The number of hydrogen-bond acceptors (Lipinski definition) is 7. The number of fused-ring (bicyclic) bond motifs is 2. The summed E-state index contributed by atoms with van der Waals surface area (Å²) in [7, 11) is 1.72. The predicted octanol–water partition coefficient (Wildman–Crippen LogP) is 3.34. The Morgan fingerprint density at radius 1 is 1.25 bits per heavy atom. The average Bonchev–Trinajstić information content (AvgIpc) is 3.28. The Hall–Kier alpha value is -3.24. The first-order chi connectivity index (χ1) is 15.3. The predicted molar refractivity (Wildman–Crippen MR) is 127 cm³/mol. The standard InChI is InChI=1S/C22H24FN7OS/c1-11-8-30(9-12(2)25-11)17-5-4-15(19-20(17)32-22(24)27-19)21(31)26-14-6-13-10-29(3)28-18(13)16(23)7-14/h4-7,10-12,25H,8-9H2,1-3H3,(H2,24,27)(H,26,31)/t11-,12-/m0/s1. The van der Waals surface area contributed by atoms with Crippen LogP contribution < -0.4 is 21.3 Å². The molecule has 4 N–H and O–H groups in total. The lowest BCUT2D eigenvalue weighted by molar-refractivity contribution is 0.102. The van der Waals surface area contributed by atoms with Gasteiger partial charge in [0, 0.05) is 49.5 Å². The Bertz CT molecular complexity index is 1340. The Morgan fingerprint density at radius 3 is 2.75 bits per heavy atom. The molecule has 0 saturated carbocycles. The fourth-order valence-electron chi connectivity index (χ4n) is 4.45. The van der Waals surface area contributed by atoms with Gasteiger partial charge in [0.1, 0.15) is 5.52 Å². The molecule has 2 aromatic carbocycles. The van der Waals surface area contributed by atoms with Crippen LogP contribution in [0.25, 0.3) is 21.1 Å². The van der Waals surface area contributed by atoms with Crippen LogP contribution in [0, 0.1) is 5.82 Å². The fourth-order valence-corrected chi connectivity index (χ4v) is 5.35. The number of hydrogen-bond donors (Lipinski definition) is 3. The van der Waals surface area contributed by atoms with Crippen molar-refractivity contribution in [1.29, 1.82) is 0 Å². The lowest BCUT2D eigenvalue weighted by Gasteiger charge is -2.37. The van der Waals surface area contributed by atoms with Gasteiger partial charge in [-0.15, -0.1) is 0 Å². The number of benzene rings is 2. The van der Waals surface area contributed by atoms with E-state index in [1.165, 1.54) is 22.1 Å². The minimum Gasteiger partial charge on any atom is -0.375 e. The van der Waals surface area contributed by atoms with Crippen molar-refractivity contribution in [2.45, 2.75) is 25.9 Å². The van der Waals surface area contributed by atoms with Crippen molar-refractivity contribution in [3.05, 3.63) is 41.8 Å². The summed E-state index contributed by atoms with van der Waals surface area (Å²) in [6.45, 7) is 6.02. The Morgan fingerprint density at radius 2 is 2.00 bits per heavy atom. The number of amides is 1. The van der Waals surface area contributed by atoms with E-state index in [9.17, 15) is 9.18 Å². The largest absolute Gasteiger partial charge is 0.375 e. The van der Waals surface area contributed by atoms with E-state index in [1.807, 2.05) is 6.07 Å². The van der Waals surface area contributed by atoms with Crippen molar-refractivity contribution in [2.24, 2.45) is 7.05 Å². The number of aryl methyl sites for hydroxylation is 1. The van der Waals surface area contributed by atoms with Crippen molar-refractivity contribution in [2.75, 3.05) is 29.0 Å². The van der Waals surface area contributed by atoms with E-state index in [0.29, 0.717) is 39.4 Å². The number of nitrogens with one attached hydrogen (secondary N) is 2. The molecule has 1 aliphatic heterocycles. The maximum absolute atomic E-state index is 14.4. The van der Waals surface area contributed by atoms with Gasteiger partial charge >= 0.3 is 0 Å². The van der Waals surface area contributed by atoms with Gasteiger partial charge in [-0.1, -0.05) is 11.3 Å². The molecule has 10 heteroatoms. The zero-order valence-electron chi connectivity index (χ0n) is 18.0. The number of anilines is 3. The molecule has 0 aliphatic carbocycles. The van der Waals surface area contributed by atoms with Gasteiger partial charge in [-0.2, -0.15) is 5.10 Å². The molecule has 0 spiro atoms. The molecule has 0 unspecified atom stereocenters. The Balaban J connectivity index is 1.50. The molecule has 0 radical (unpaired) electrons. The van der Waals surface area contributed by atoms with E-state index in [-0.39, 0.29) is 11.4 Å². The number of nitrogens with two attached hydrogens (primary N) is 1. The summed E-state index contributed by atoms with van der Waals surface area (Å²) in [6.07, 6.45) is 1.71. The summed E-state index contributed by atoms with van der Waals surface area (Å²) in [5, 5.41) is 11.4. The van der Waals surface area contributed by atoms with Crippen LogP contribution in [0.4, 0.5) is 20.9 Å². The normalized spacial score (nSPS) is 19.1. The fraction of sp³-hybridized carbons (Fsp3) is 0.318. The van der Waals surface area contributed by atoms with Gasteiger partial charge in [-0.25, -0.2) is 9.37 Å². The molecule has 32 heavy (non-hydrogen) atoms. The van der Waals surface area contributed by atoms with Crippen LogP contribution in [0.15, 0.2) is 30.5 Å². The Labute approximate surface area is 188 Å². The number of aromatic nitrogens is 3. The van der Waals surface area contributed by atoms with Crippen molar-refractivity contribution < 1.29 is 9.18 Å². The highest BCUT2D eigenvalue weighted by atomic mass is 32.1. The summed E-state index contributed by atoms with van der Waals surface area (Å²) in [6, 6.07) is 7.39. The quantitative estimate of drug-likeness (QED) is 0.440. The maximum atomic E-state index is 14.4. The molecule has 5 rings (SSSR count). The third-order valence-electron chi connectivity index (χ3n) is 5.62. The molecule has 4 aromatic rings. The van der Waals surface area contributed by atoms with Crippen LogP contribution in [0.3, 0.4) is 0 Å². The highest BCUT2D eigenvalue weighted by Crippen LogP contribution is 2.36. The van der Waals surface area contributed by atoms with E-state index in [2.05, 4.69) is 39.5 Å². The molecular weight excluding hydrogens is 429 g/mol. The van der Waals surface area contributed by atoms with Crippen molar-refractivity contribution in [1.82, 2.24) is 20.1 Å². The van der Waals surface area contributed by atoms with Crippen LogP contribution >= 0.6 is 11.3 Å². The number of carbonyl (C=O) groups excluding carboxylic acids is 1. The van der Waals surface area contributed by atoms with E-state index >= 15 is 0 Å². The van der Waals surface area contributed by atoms with Crippen molar-refractivity contribution >= 4 is 54.9 Å². The molecule has 8 nitrogen and oxygen atoms in total. The zero-order chi connectivity index (χ0) is 22.6. The highest BCUT2D eigenvalue weighted by molar-refractivity contribution is 7.22. The van der Waals surface area contributed by atoms with E-state index in [0.717, 1.165) is 23.5 Å². The minimum atomic E-state index is -0.487. The van der Waals surface area contributed by atoms with E-state index in [4.69, 9.17) is 5.73 Å². The van der Waals surface area contributed by atoms with Crippen LogP contribution in [0.2, 0.25) is 0 Å². The van der Waals surface area contributed by atoms with Crippen LogP contribution in [-0.2, 0) is 7.05 Å². The lowest BCUT2D eigenvalue weighted by Crippen LogP contribution is -2.54. The number of thiazole rings is 1. The van der Waals surface area contributed by atoms with Gasteiger partial charge in [0.2, 0.25) is 0 Å². The van der Waals surface area contributed by atoms with Crippen LogP contribution in [0.5, 0.6) is 0 Å². The summed E-state index contributed by atoms with van der Waals surface area (Å²) < 4.78 is 16.8. The second-order valence-corrected chi connectivity index (χ2v) is 9.42. The molecule has 0 bridgehead atoms. The maximum Gasteiger partial charge on any atom is 0.257 e. The third-order valence-corrected chi connectivity index (χ3v) is 6.52. The van der Waals surface area contributed by atoms with Crippen molar-refractivity contribution in [3.63, 3.8) is 0 Å². The molecule has 2 atom stereocenters. The molecule has 3 heterocycles. The van der Waals surface area contributed by atoms with Gasteiger partial charge in [0.05, 0.1) is 21.5 Å². The summed E-state index contributed by atoms with van der Waals surface area (Å²) in [5.74, 6) is -0.852. The van der Waals surface area contributed by atoms with E-state index in [1.54, 1.807) is 25.4 Å². The lowest BCUT2D eigenvalue weighted by atomic mass is 10.1. The smallest absolute Gasteiger partial charge is 0.257 e. The molecule has 1 amide bonds. The number of carbonyl (C=O) groups is 1. The number of nitrogen functional groups attached to an aromatic ring is 1. The third kappa shape index (κ3) is 3.65. The molecule has 1 aliphatic rings. The topological polar surface area (TPSA) is 101 Å². The number of nitrogens with zero attached hydrogens (tertiary/aromatic N) is 4. The summed E-state index contributed by atoms with van der Waals surface area (Å²) >= 11 is 1.37. The second kappa shape index (κ2) is 7.72.